The van der Waals surface area contributed by atoms with Gasteiger partial charge in [0.25, 0.3) is 0 Å². The smallest absolute Gasteiger partial charge is 0.129 e. The third kappa shape index (κ3) is 11.6. The second-order valence-corrected chi connectivity index (χ2v) is 3.03. The van der Waals surface area contributed by atoms with Gasteiger partial charge in [-0.2, -0.15) is 0 Å². The van der Waals surface area contributed by atoms with E-state index in [1.165, 1.54) is 0 Å². The molecule has 0 aromatic rings. The first-order valence-electron chi connectivity index (χ1n) is 4.92. The molecule has 1 saturated heterocycles. The predicted molar refractivity (Wildman–Crippen MR) is 51.8 cm³/mol. The average molecular weight is 188 g/mol. The normalized spacial score (nSPS) is 15.8. The molecule has 1 heterocycles. The number of carbonyl (C=O) groups excluding carboxylic acids is 1. The fourth-order valence-corrected chi connectivity index (χ4v) is 0.866. The summed E-state index contributed by atoms with van der Waals surface area (Å²) >= 11 is 0. The Morgan fingerprint density at radius 1 is 1.15 bits per heavy atom. The maximum absolute atomic E-state index is 10.2. The molecule has 1 aliphatic heterocycles. The Labute approximate surface area is 80.4 Å². The largest absolute Gasteiger partial charge is 0.377 e. The van der Waals surface area contributed by atoms with Gasteiger partial charge in [0.05, 0.1) is 26.4 Å². The molecule has 0 saturated carbocycles. The molecule has 0 aromatic carbocycles. The third-order valence-corrected chi connectivity index (χ3v) is 1.63. The number of rotatable bonds is 3. The Hall–Kier alpha value is -0.410. The second-order valence-electron chi connectivity index (χ2n) is 3.03. The highest BCUT2D eigenvalue weighted by atomic mass is 16.6. The van der Waals surface area contributed by atoms with Crippen LogP contribution in [-0.2, 0) is 14.3 Å². The van der Waals surface area contributed by atoms with Crippen LogP contribution >= 0.6 is 0 Å². The highest BCUT2D eigenvalue weighted by molar-refractivity contribution is 5.75. The van der Waals surface area contributed by atoms with E-state index >= 15 is 0 Å². The highest BCUT2D eigenvalue weighted by Crippen LogP contribution is 1.92. The Morgan fingerprint density at radius 2 is 1.62 bits per heavy atom. The van der Waals surface area contributed by atoms with Gasteiger partial charge in [0.15, 0.2) is 0 Å². The van der Waals surface area contributed by atoms with Crippen molar-refractivity contribution >= 4 is 5.78 Å². The fourth-order valence-electron chi connectivity index (χ4n) is 0.866. The minimum atomic E-state index is 0.307. The quantitative estimate of drug-likeness (QED) is 0.677. The van der Waals surface area contributed by atoms with Crippen molar-refractivity contribution < 1.29 is 14.3 Å². The number of hydrogen-bond acceptors (Lipinski definition) is 3. The van der Waals surface area contributed by atoms with Crippen LogP contribution in [0.5, 0.6) is 0 Å². The minimum Gasteiger partial charge on any atom is -0.377 e. The maximum Gasteiger partial charge on any atom is 0.129 e. The van der Waals surface area contributed by atoms with Crippen LogP contribution in [0.1, 0.15) is 33.1 Å². The van der Waals surface area contributed by atoms with Crippen LogP contribution in [0.15, 0.2) is 0 Å². The molecule has 1 rings (SSSR count). The minimum absolute atomic E-state index is 0.307. The lowest BCUT2D eigenvalue weighted by Gasteiger charge is -2.09. The van der Waals surface area contributed by atoms with Gasteiger partial charge in [0, 0.05) is 6.42 Å². The van der Waals surface area contributed by atoms with Crippen molar-refractivity contribution in [3.05, 3.63) is 0 Å². The van der Waals surface area contributed by atoms with E-state index in [1.807, 2.05) is 0 Å². The number of unbranched alkanes of at least 4 members (excludes halogenated alkanes) is 1. The zero-order valence-corrected chi connectivity index (χ0v) is 8.67. The van der Waals surface area contributed by atoms with Gasteiger partial charge in [-0.1, -0.05) is 13.3 Å². The molecule has 0 bridgehead atoms. The molecule has 13 heavy (non-hydrogen) atoms. The molecular weight excluding hydrogens is 168 g/mol. The Bertz CT molecular complexity index is 108. The number of Topliss-reactive ketones (excluding diaryl/α,β-unsaturated/α-hetero) is 1. The van der Waals surface area contributed by atoms with E-state index in [4.69, 9.17) is 9.47 Å². The lowest BCUT2D eigenvalue weighted by atomic mass is 10.2. The van der Waals surface area contributed by atoms with Crippen molar-refractivity contribution in [3.63, 3.8) is 0 Å². The molecule has 0 aliphatic carbocycles. The third-order valence-electron chi connectivity index (χ3n) is 1.63. The van der Waals surface area contributed by atoms with Gasteiger partial charge < -0.3 is 14.3 Å². The SMILES string of the molecule is C1COCCO1.CCCCC(C)=O. The van der Waals surface area contributed by atoms with Crippen molar-refractivity contribution in [2.45, 2.75) is 33.1 Å². The molecule has 0 unspecified atom stereocenters. The van der Waals surface area contributed by atoms with Crippen molar-refractivity contribution in [3.8, 4) is 0 Å². The van der Waals surface area contributed by atoms with Gasteiger partial charge in [0.2, 0.25) is 0 Å². The van der Waals surface area contributed by atoms with E-state index in [-0.39, 0.29) is 0 Å². The summed E-state index contributed by atoms with van der Waals surface area (Å²) in [7, 11) is 0. The maximum atomic E-state index is 10.2. The predicted octanol–water partition coefficient (Wildman–Crippen LogP) is 1.80. The zero-order chi connectivity index (χ0) is 9.94. The molecule has 1 aliphatic rings. The average Bonchev–Trinajstić information content (AvgIpc) is 2.18. The summed E-state index contributed by atoms with van der Waals surface area (Å²) in [4.78, 5) is 10.2. The topological polar surface area (TPSA) is 35.5 Å². The van der Waals surface area contributed by atoms with Crippen molar-refractivity contribution in [1.29, 1.82) is 0 Å². The van der Waals surface area contributed by atoms with E-state index in [0.717, 1.165) is 45.7 Å². The Balaban J connectivity index is 0.000000223. The molecule has 3 nitrogen and oxygen atoms in total. The molecule has 0 amide bonds. The van der Waals surface area contributed by atoms with Gasteiger partial charge in [-0.15, -0.1) is 0 Å². The second kappa shape index (κ2) is 9.68. The molecule has 1 fully saturated rings. The molecule has 0 N–H and O–H groups in total. The molecule has 78 valence electrons. The Morgan fingerprint density at radius 3 is 1.77 bits per heavy atom. The van der Waals surface area contributed by atoms with Gasteiger partial charge in [-0.25, -0.2) is 0 Å². The molecule has 0 radical (unpaired) electrons. The molecular formula is C10H20O3. The Kier molecular flexibility index (Phi) is 9.37. The summed E-state index contributed by atoms with van der Waals surface area (Å²) in [5.41, 5.74) is 0. The molecule has 0 spiro atoms. The van der Waals surface area contributed by atoms with E-state index < -0.39 is 0 Å². The van der Waals surface area contributed by atoms with Gasteiger partial charge in [0.1, 0.15) is 5.78 Å². The van der Waals surface area contributed by atoms with E-state index in [2.05, 4.69) is 6.92 Å². The summed E-state index contributed by atoms with van der Waals surface area (Å²) in [6.07, 6.45) is 2.94. The number of carbonyl (C=O) groups is 1. The number of ketones is 1. The summed E-state index contributed by atoms with van der Waals surface area (Å²) < 4.78 is 9.89. The van der Waals surface area contributed by atoms with Crippen LogP contribution in [0, 0.1) is 0 Å². The summed E-state index contributed by atoms with van der Waals surface area (Å²) in [6.45, 7) is 6.83. The fraction of sp³-hybridized carbons (Fsp3) is 0.900. The monoisotopic (exact) mass is 188 g/mol. The van der Waals surface area contributed by atoms with Gasteiger partial charge in [-0.05, 0) is 13.3 Å². The van der Waals surface area contributed by atoms with E-state index in [0.29, 0.717) is 5.78 Å². The van der Waals surface area contributed by atoms with Crippen molar-refractivity contribution in [2.75, 3.05) is 26.4 Å². The summed E-state index contributed by atoms with van der Waals surface area (Å²) in [6, 6.07) is 0. The van der Waals surface area contributed by atoms with Gasteiger partial charge >= 0.3 is 0 Å². The molecule has 0 atom stereocenters. The van der Waals surface area contributed by atoms with Crippen molar-refractivity contribution in [1.82, 2.24) is 0 Å². The van der Waals surface area contributed by atoms with E-state index in [9.17, 15) is 4.79 Å². The lowest BCUT2D eigenvalue weighted by molar-refractivity contribution is -0.117. The van der Waals surface area contributed by atoms with Crippen LogP contribution in [0.4, 0.5) is 0 Å². The standard InChI is InChI=1S/C6H12O.C4H8O2/c1-3-4-5-6(2)7;1-2-6-4-3-5-1/h3-5H2,1-2H3;1-4H2. The van der Waals surface area contributed by atoms with Crippen LogP contribution < -0.4 is 0 Å². The summed E-state index contributed by atoms with van der Waals surface area (Å²) in [5.74, 6) is 0.307. The molecule has 0 aromatic heterocycles. The first-order valence-corrected chi connectivity index (χ1v) is 4.92. The first-order chi connectivity index (χ1) is 6.27. The van der Waals surface area contributed by atoms with Crippen LogP contribution in [0.25, 0.3) is 0 Å². The zero-order valence-electron chi connectivity index (χ0n) is 8.67. The van der Waals surface area contributed by atoms with E-state index in [1.54, 1.807) is 6.92 Å². The van der Waals surface area contributed by atoms with Crippen LogP contribution in [0.3, 0.4) is 0 Å². The van der Waals surface area contributed by atoms with Crippen molar-refractivity contribution in [2.24, 2.45) is 0 Å². The molecule has 3 heteroatoms. The number of ether oxygens (including phenoxy) is 2. The van der Waals surface area contributed by atoms with Crippen LogP contribution in [-0.4, -0.2) is 32.2 Å². The lowest BCUT2D eigenvalue weighted by Crippen LogP contribution is -2.16. The highest BCUT2D eigenvalue weighted by Gasteiger charge is 1.94. The number of hydrogen-bond donors (Lipinski definition) is 0. The van der Waals surface area contributed by atoms with Crippen LogP contribution in [0.2, 0.25) is 0 Å². The first kappa shape index (κ1) is 12.6. The summed E-state index contributed by atoms with van der Waals surface area (Å²) in [5, 5.41) is 0. The van der Waals surface area contributed by atoms with Gasteiger partial charge in [-0.3, -0.25) is 0 Å².